The third-order valence-corrected chi connectivity index (χ3v) is 5.07. The molecule has 0 N–H and O–H groups in total. The smallest absolute Gasteiger partial charge is 0.00557 e. The van der Waals surface area contributed by atoms with E-state index < -0.39 is 0 Å². The maximum atomic E-state index is 2.49. The molecule has 0 nitrogen and oxygen atoms in total. The van der Waals surface area contributed by atoms with E-state index in [0.29, 0.717) is 5.41 Å². The highest BCUT2D eigenvalue weighted by molar-refractivity contribution is 7.08. The molecule has 0 atom stereocenters. The minimum absolute atomic E-state index is 0.432. The zero-order valence-corrected chi connectivity index (χ0v) is 14.0. The second-order valence-corrected chi connectivity index (χ2v) is 6.97. The summed E-state index contributed by atoms with van der Waals surface area (Å²) >= 11 is 1.85. The lowest BCUT2D eigenvalue weighted by Gasteiger charge is -2.29. The van der Waals surface area contributed by atoms with Gasteiger partial charge in [-0.2, -0.15) is 11.3 Å². The Bertz CT molecular complexity index is 288. The predicted octanol–water partition coefficient (Wildman–Crippen LogP) is 6.95. The van der Waals surface area contributed by atoms with Crippen LogP contribution in [0.25, 0.3) is 0 Å². The van der Waals surface area contributed by atoms with Crippen LogP contribution in [0.4, 0.5) is 0 Å². The molecule has 0 fully saturated rings. The number of hydrogen-bond acceptors (Lipinski definition) is 1. The Balaban J connectivity index is 2.47. The summed E-state index contributed by atoms with van der Waals surface area (Å²) in [7, 11) is 0. The molecule has 0 saturated heterocycles. The van der Waals surface area contributed by atoms with Crippen LogP contribution in [0.2, 0.25) is 0 Å². The van der Waals surface area contributed by atoms with Gasteiger partial charge in [-0.25, -0.2) is 0 Å². The second-order valence-electron chi connectivity index (χ2n) is 6.19. The van der Waals surface area contributed by atoms with Gasteiger partial charge in [0.2, 0.25) is 0 Å². The van der Waals surface area contributed by atoms with Crippen molar-refractivity contribution in [2.45, 2.75) is 90.4 Å². The topological polar surface area (TPSA) is 0 Å². The van der Waals surface area contributed by atoms with E-state index in [1.54, 1.807) is 5.56 Å². The van der Waals surface area contributed by atoms with Gasteiger partial charge in [-0.3, -0.25) is 0 Å². The maximum absolute atomic E-state index is 2.49. The molecule has 1 heteroatoms. The lowest BCUT2D eigenvalue weighted by Crippen LogP contribution is -2.21. The molecule has 110 valence electrons. The van der Waals surface area contributed by atoms with E-state index in [4.69, 9.17) is 0 Å². The molecule has 1 aromatic heterocycles. The van der Waals surface area contributed by atoms with Crippen LogP contribution < -0.4 is 0 Å². The second kappa shape index (κ2) is 9.58. The highest BCUT2D eigenvalue weighted by Crippen LogP contribution is 2.36. The molecule has 0 amide bonds. The molecule has 0 aliphatic carbocycles. The maximum Gasteiger partial charge on any atom is -0.00557 e. The van der Waals surface area contributed by atoms with Crippen LogP contribution in [0.5, 0.6) is 0 Å². The third kappa shape index (κ3) is 6.12. The molecule has 0 unspecified atom stereocenters. The van der Waals surface area contributed by atoms with E-state index >= 15 is 0 Å². The van der Waals surface area contributed by atoms with Gasteiger partial charge in [-0.1, -0.05) is 72.1 Å². The number of rotatable bonds is 11. The molecule has 0 radical (unpaired) electrons. The zero-order chi connectivity index (χ0) is 14.0. The first-order valence-corrected chi connectivity index (χ1v) is 9.20. The Morgan fingerprint density at radius 2 is 1.47 bits per heavy atom. The Morgan fingerprint density at radius 3 is 1.89 bits per heavy atom. The van der Waals surface area contributed by atoms with Crippen LogP contribution in [0.1, 0.15) is 90.5 Å². The SMILES string of the molecule is CCCCCCC(C)(CCCCCC)c1ccsc1. The first-order chi connectivity index (χ1) is 9.23. The Labute approximate surface area is 124 Å². The van der Waals surface area contributed by atoms with Crippen molar-refractivity contribution in [1.82, 2.24) is 0 Å². The Hall–Kier alpha value is -0.300. The van der Waals surface area contributed by atoms with Gasteiger partial charge < -0.3 is 0 Å². The number of unbranched alkanes of at least 4 members (excludes halogenated alkanes) is 6. The summed E-state index contributed by atoms with van der Waals surface area (Å²) in [5.74, 6) is 0. The monoisotopic (exact) mass is 280 g/mol. The molecule has 1 aromatic rings. The molecule has 0 spiro atoms. The predicted molar refractivity (Wildman–Crippen MR) is 89.2 cm³/mol. The lowest BCUT2D eigenvalue weighted by atomic mass is 9.75. The van der Waals surface area contributed by atoms with Crippen molar-refractivity contribution < 1.29 is 0 Å². The molecule has 1 heterocycles. The minimum Gasteiger partial charge on any atom is -0.152 e. The first kappa shape index (κ1) is 16.8. The minimum atomic E-state index is 0.432. The number of thiophene rings is 1. The van der Waals surface area contributed by atoms with Crippen molar-refractivity contribution >= 4 is 11.3 Å². The summed E-state index contributed by atoms with van der Waals surface area (Å²) in [5, 5.41) is 4.62. The van der Waals surface area contributed by atoms with Crippen molar-refractivity contribution in [3.05, 3.63) is 22.4 Å². The fourth-order valence-electron chi connectivity index (χ4n) is 2.91. The molecular weight excluding hydrogens is 248 g/mol. The molecule has 0 aliphatic heterocycles. The normalized spacial score (nSPS) is 11.9. The summed E-state index contributed by atoms with van der Waals surface area (Å²) in [6, 6.07) is 2.35. The Morgan fingerprint density at radius 1 is 0.895 bits per heavy atom. The first-order valence-electron chi connectivity index (χ1n) is 8.25. The third-order valence-electron chi connectivity index (χ3n) is 4.38. The van der Waals surface area contributed by atoms with E-state index in [1.165, 1.54) is 64.2 Å². The fraction of sp³-hybridized carbons (Fsp3) is 0.778. The quantitative estimate of drug-likeness (QED) is 0.385. The van der Waals surface area contributed by atoms with E-state index in [1.807, 2.05) is 11.3 Å². The Kier molecular flexibility index (Phi) is 8.45. The van der Waals surface area contributed by atoms with Gasteiger partial charge in [-0.05, 0) is 40.6 Å². The van der Waals surface area contributed by atoms with Crippen molar-refractivity contribution in [1.29, 1.82) is 0 Å². The van der Waals surface area contributed by atoms with Crippen LogP contribution in [0.15, 0.2) is 16.8 Å². The highest BCUT2D eigenvalue weighted by Gasteiger charge is 2.25. The van der Waals surface area contributed by atoms with Gasteiger partial charge in [0.05, 0.1) is 0 Å². The zero-order valence-electron chi connectivity index (χ0n) is 13.2. The average Bonchev–Trinajstić information content (AvgIpc) is 2.95. The van der Waals surface area contributed by atoms with E-state index in [-0.39, 0.29) is 0 Å². The average molecular weight is 281 g/mol. The summed E-state index contributed by atoms with van der Waals surface area (Å²) in [4.78, 5) is 0. The highest BCUT2D eigenvalue weighted by atomic mass is 32.1. The van der Waals surface area contributed by atoms with Crippen LogP contribution >= 0.6 is 11.3 Å². The largest absolute Gasteiger partial charge is 0.152 e. The van der Waals surface area contributed by atoms with Gasteiger partial charge in [0.25, 0.3) is 0 Å². The van der Waals surface area contributed by atoms with Crippen LogP contribution in [-0.2, 0) is 5.41 Å². The summed E-state index contributed by atoms with van der Waals surface area (Å²) < 4.78 is 0. The van der Waals surface area contributed by atoms with Crippen LogP contribution in [0.3, 0.4) is 0 Å². The van der Waals surface area contributed by atoms with Gasteiger partial charge in [0.1, 0.15) is 0 Å². The molecule has 0 saturated carbocycles. The van der Waals surface area contributed by atoms with Crippen LogP contribution in [-0.4, -0.2) is 0 Å². The molecule has 0 aromatic carbocycles. The summed E-state index contributed by atoms with van der Waals surface area (Å²) in [6.45, 7) is 7.08. The molecule has 1 rings (SSSR count). The summed E-state index contributed by atoms with van der Waals surface area (Å²) in [5.41, 5.74) is 2.02. The van der Waals surface area contributed by atoms with Crippen molar-refractivity contribution in [3.63, 3.8) is 0 Å². The van der Waals surface area contributed by atoms with Crippen molar-refractivity contribution in [2.75, 3.05) is 0 Å². The van der Waals surface area contributed by atoms with Crippen molar-refractivity contribution in [2.24, 2.45) is 0 Å². The van der Waals surface area contributed by atoms with Gasteiger partial charge in [-0.15, -0.1) is 0 Å². The molecular formula is C18H32S. The van der Waals surface area contributed by atoms with Crippen LogP contribution in [0, 0.1) is 0 Å². The molecule has 0 bridgehead atoms. The molecule has 19 heavy (non-hydrogen) atoms. The van der Waals surface area contributed by atoms with E-state index in [9.17, 15) is 0 Å². The van der Waals surface area contributed by atoms with Crippen molar-refractivity contribution in [3.8, 4) is 0 Å². The van der Waals surface area contributed by atoms with E-state index in [2.05, 4.69) is 37.6 Å². The summed E-state index contributed by atoms with van der Waals surface area (Å²) in [6.07, 6.45) is 13.8. The number of hydrogen-bond donors (Lipinski definition) is 0. The van der Waals surface area contributed by atoms with Gasteiger partial charge in [0, 0.05) is 0 Å². The molecule has 0 aliphatic rings. The van der Waals surface area contributed by atoms with Gasteiger partial charge in [0.15, 0.2) is 0 Å². The van der Waals surface area contributed by atoms with Gasteiger partial charge >= 0.3 is 0 Å². The van der Waals surface area contributed by atoms with E-state index in [0.717, 1.165) is 0 Å². The standard InChI is InChI=1S/C18H32S/c1-4-6-8-10-13-18(3,14-11-9-7-5-2)17-12-15-19-16-17/h12,15-16H,4-11,13-14H2,1-3H3. The fourth-order valence-corrected chi connectivity index (χ4v) is 3.72. The lowest BCUT2D eigenvalue weighted by molar-refractivity contribution is 0.365.